The van der Waals surface area contributed by atoms with Crippen molar-refractivity contribution in [3.05, 3.63) is 58.2 Å². The number of fused-ring (bicyclic) bond motifs is 2. The molecule has 0 spiro atoms. The van der Waals surface area contributed by atoms with E-state index in [0.29, 0.717) is 30.4 Å². The van der Waals surface area contributed by atoms with E-state index in [9.17, 15) is 9.90 Å². The smallest absolute Gasteiger partial charge is 0.259 e. The number of amides is 1. The number of aliphatic hydroxyl groups is 1. The van der Waals surface area contributed by atoms with Crippen LogP contribution in [0.3, 0.4) is 0 Å². The SMILES string of the molecule is O=C1c2ccc(Cl)nc2OCCN1CC(O)CN1CCc2ccccc2C1. The molecule has 0 saturated carbocycles. The highest BCUT2D eigenvalue weighted by molar-refractivity contribution is 6.29. The molecule has 1 amide bonds. The van der Waals surface area contributed by atoms with Crippen LogP contribution in [0.1, 0.15) is 21.5 Å². The zero-order valence-electron chi connectivity index (χ0n) is 15.0. The summed E-state index contributed by atoms with van der Waals surface area (Å²) in [7, 11) is 0. The molecule has 0 fully saturated rings. The average Bonchev–Trinajstić information content (AvgIpc) is 2.80. The largest absolute Gasteiger partial charge is 0.475 e. The van der Waals surface area contributed by atoms with Crippen LogP contribution in [0.2, 0.25) is 5.15 Å². The summed E-state index contributed by atoms with van der Waals surface area (Å²) in [6, 6.07) is 11.6. The van der Waals surface area contributed by atoms with Crippen molar-refractivity contribution in [3.63, 3.8) is 0 Å². The van der Waals surface area contributed by atoms with Crippen molar-refractivity contribution in [2.24, 2.45) is 0 Å². The molecule has 2 aliphatic heterocycles. The molecule has 4 rings (SSSR count). The first kappa shape index (κ1) is 18.2. The van der Waals surface area contributed by atoms with Gasteiger partial charge in [0.1, 0.15) is 17.3 Å². The number of aliphatic hydroxyl groups excluding tert-OH is 1. The number of pyridine rings is 1. The van der Waals surface area contributed by atoms with Gasteiger partial charge in [-0.2, -0.15) is 0 Å². The molecule has 0 saturated heterocycles. The summed E-state index contributed by atoms with van der Waals surface area (Å²) in [5.74, 6) is 0.0758. The highest BCUT2D eigenvalue weighted by atomic mass is 35.5. The fourth-order valence-electron chi connectivity index (χ4n) is 3.71. The Morgan fingerprint density at radius 2 is 1.96 bits per heavy atom. The summed E-state index contributed by atoms with van der Waals surface area (Å²) in [6.07, 6.45) is 0.361. The van der Waals surface area contributed by atoms with E-state index >= 15 is 0 Å². The van der Waals surface area contributed by atoms with Crippen molar-refractivity contribution < 1.29 is 14.6 Å². The van der Waals surface area contributed by atoms with Crippen LogP contribution in [-0.4, -0.2) is 64.7 Å². The normalized spacial score (nSPS) is 18.3. The lowest BCUT2D eigenvalue weighted by Gasteiger charge is -2.32. The maximum Gasteiger partial charge on any atom is 0.259 e. The van der Waals surface area contributed by atoms with Crippen molar-refractivity contribution in [1.82, 2.24) is 14.8 Å². The third-order valence-corrected chi connectivity index (χ3v) is 5.26. The monoisotopic (exact) mass is 387 g/mol. The fraction of sp³-hybridized carbons (Fsp3) is 0.400. The van der Waals surface area contributed by atoms with Gasteiger partial charge in [0.15, 0.2) is 0 Å². The van der Waals surface area contributed by atoms with Gasteiger partial charge in [0.2, 0.25) is 5.88 Å². The Balaban J connectivity index is 1.39. The van der Waals surface area contributed by atoms with E-state index in [2.05, 4.69) is 28.1 Å². The molecule has 0 radical (unpaired) electrons. The summed E-state index contributed by atoms with van der Waals surface area (Å²) in [4.78, 5) is 20.7. The van der Waals surface area contributed by atoms with E-state index in [1.165, 1.54) is 11.1 Å². The quantitative estimate of drug-likeness (QED) is 0.813. The lowest BCUT2D eigenvalue weighted by atomic mass is 10.00. The van der Waals surface area contributed by atoms with Gasteiger partial charge in [-0.15, -0.1) is 0 Å². The van der Waals surface area contributed by atoms with Gasteiger partial charge in [-0.25, -0.2) is 4.98 Å². The third-order valence-electron chi connectivity index (χ3n) is 5.05. The molecular weight excluding hydrogens is 366 g/mol. The highest BCUT2D eigenvalue weighted by Crippen LogP contribution is 2.23. The summed E-state index contributed by atoms with van der Waals surface area (Å²) in [5, 5.41) is 10.9. The zero-order valence-corrected chi connectivity index (χ0v) is 15.7. The molecule has 3 heterocycles. The maximum atomic E-state index is 12.8. The Labute approximate surface area is 163 Å². The summed E-state index contributed by atoms with van der Waals surface area (Å²) in [6.45, 7) is 3.28. The summed E-state index contributed by atoms with van der Waals surface area (Å²) < 4.78 is 5.55. The average molecular weight is 388 g/mol. The van der Waals surface area contributed by atoms with Gasteiger partial charge < -0.3 is 14.7 Å². The van der Waals surface area contributed by atoms with Crippen molar-refractivity contribution in [2.45, 2.75) is 19.1 Å². The Morgan fingerprint density at radius 3 is 2.81 bits per heavy atom. The molecule has 1 aromatic carbocycles. The van der Waals surface area contributed by atoms with Crippen LogP contribution in [-0.2, 0) is 13.0 Å². The first-order valence-electron chi connectivity index (χ1n) is 9.16. The van der Waals surface area contributed by atoms with Crippen LogP contribution in [0.25, 0.3) is 0 Å². The molecule has 0 aliphatic carbocycles. The summed E-state index contributed by atoms with van der Waals surface area (Å²) in [5.41, 5.74) is 3.08. The lowest BCUT2D eigenvalue weighted by molar-refractivity contribution is 0.0501. The Morgan fingerprint density at radius 1 is 1.15 bits per heavy atom. The summed E-state index contributed by atoms with van der Waals surface area (Å²) >= 11 is 5.88. The number of ether oxygens (including phenoxy) is 1. The van der Waals surface area contributed by atoms with Gasteiger partial charge >= 0.3 is 0 Å². The van der Waals surface area contributed by atoms with Crippen molar-refractivity contribution in [2.75, 3.05) is 32.8 Å². The van der Waals surface area contributed by atoms with E-state index in [-0.39, 0.29) is 18.3 Å². The van der Waals surface area contributed by atoms with Gasteiger partial charge in [0.25, 0.3) is 5.91 Å². The molecule has 1 aromatic heterocycles. The number of hydrogen-bond donors (Lipinski definition) is 1. The van der Waals surface area contributed by atoms with E-state index < -0.39 is 6.10 Å². The first-order valence-corrected chi connectivity index (χ1v) is 9.54. The lowest BCUT2D eigenvalue weighted by Crippen LogP contribution is -2.44. The van der Waals surface area contributed by atoms with Crippen LogP contribution in [0, 0.1) is 0 Å². The predicted octanol–water partition coefficient (Wildman–Crippen LogP) is 1.99. The molecule has 1 N–H and O–H groups in total. The molecule has 0 bridgehead atoms. The molecular formula is C20H22ClN3O3. The Kier molecular flexibility index (Phi) is 5.29. The first-order chi connectivity index (χ1) is 13.1. The highest BCUT2D eigenvalue weighted by Gasteiger charge is 2.27. The van der Waals surface area contributed by atoms with Crippen molar-refractivity contribution in [3.8, 4) is 5.88 Å². The molecule has 2 aromatic rings. The number of rotatable bonds is 4. The van der Waals surface area contributed by atoms with Gasteiger partial charge in [0.05, 0.1) is 12.6 Å². The second-order valence-electron chi connectivity index (χ2n) is 6.99. The van der Waals surface area contributed by atoms with Crippen LogP contribution in [0.4, 0.5) is 0 Å². The minimum Gasteiger partial charge on any atom is -0.475 e. The van der Waals surface area contributed by atoms with E-state index in [1.807, 2.05) is 6.07 Å². The number of nitrogens with zero attached hydrogens (tertiary/aromatic N) is 3. The standard InChI is InChI=1S/C20H22ClN3O3/c21-18-6-5-17-19(22-18)27-10-9-24(20(17)26)13-16(25)12-23-8-7-14-3-1-2-4-15(14)11-23/h1-6,16,25H,7-13H2. The van der Waals surface area contributed by atoms with Crippen molar-refractivity contribution in [1.29, 1.82) is 0 Å². The van der Waals surface area contributed by atoms with Crippen LogP contribution < -0.4 is 4.74 Å². The van der Waals surface area contributed by atoms with Crippen LogP contribution in [0.15, 0.2) is 36.4 Å². The van der Waals surface area contributed by atoms with Gasteiger partial charge in [-0.1, -0.05) is 35.9 Å². The molecule has 2 aliphatic rings. The van der Waals surface area contributed by atoms with Gasteiger partial charge in [0, 0.05) is 26.2 Å². The second-order valence-corrected chi connectivity index (χ2v) is 7.38. The van der Waals surface area contributed by atoms with Crippen molar-refractivity contribution >= 4 is 17.5 Å². The predicted molar refractivity (Wildman–Crippen MR) is 102 cm³/mol. The maximum absolute atomic E-state index is 12.8. The molecule has 142 valence electrons. The number of hydrogen-bond acceptors (Lipinski definition) is 5. The zero-order chi connectivity index (χ0) is 18.8. The van der Waals surface area contributed by atoms with E-state index in [1.54, 1.807) is 17.0 Å². The fourth-order valence-corrected chi connectivity index (χ4v) is 3.85. The number of carbonyl (C=O) groups excluding carboxylic acids is 1. The van der Waals surface area contributed by atoms with E-state index in [4.69, 9.17) is 16.3 Å². The number of aromatic nitrogens is 1. The Bertz CT molecular complexity index is 845. The second kappa shape index (κ2) is 7.84. The van der Waals surface area contributed by atoms with E-state index in [0.717, 1.165) is 19.5 Å². The van der Waals surface area contributed by atoms with Gasteiger partial charge in [-0.05, 0) is 29.7 Å². The van der Waals surface area contributed by atoms with Crippen LogP contribution in [0.5, 0.6) is 5.88 Å². The third kappa shape index (κ3) is 4.08. The van der Waals surface area contributed by atoms with Gasteiger partial charge in [-0.3, -0.25) is 9.69 Å². The Hall–Kier alpha value is -2.15. The molecule has 7 heteroatoms. The molecule has 1 unspecified atom stereocenters. The topological polar surface area (TPSA) is 65.9 Å². The van der Waals surface area contributed by atoms with Crippen LogP contribution >= 0.6 is 11.6 Å². The number of benzene rings is 1. The molecule has 1 atom stereocenters. The minimum atomic E-state index is -0.624. The minimum absolute atomic E-state index is 0.185. The number of carbonyl (C=O) groups is 1. The number of β-amino-alcohol motifs (C(OH)–C–C–N with tert-alkyl or cyclic N) is 1. The molecule has 27 heavy (non-hydrogen) atoms. The number of halogens is 1. The molecule has 6 nitrogen and oxygen atoms in total.